The molecule has 0 saturated carbocycles. The molecule has 4 aromatic rings. The maximum atomic E-state index is 16.3. The van der Waals surface area contributed by atoms with Gasteiger partial charge in [-0.05, 0) is 6.07 Å². The molecule has 1 fully saturated rings. The standard InChI is InChI=1S/C22H30FN9O9P2S2/c1-36-14(7-38-42(34,44)37-2)17(18(23)31-4-3-11-19(24)26-8-28-21(11)31)41-43(35,45)39-6-13-12(33)5-15(40-13)32-10-30-16-20(25)27-9-29-22(16)32/h3-4,8-10,12-15,17-18,33H,5-7H2,1-2H3,(H,34,44)(H,35,45)(H2,24,26,28)(H2,25,27,29)/t12-,13+,14+,15+,17+,18-,42?,43?/m0/s1. The Hall–Kier alpha value is -2.42. The molecule has 0 amide bonds. The van der Waals surface area contributed by atoms with Gasteiger partial charge in [0.15, 0.2) is 11.5 Å². The van der Waals surface area contributed by atoms with Crippen LogP contribution in [0.4, 0.5) is 16.0 Å². The van der Waals surface area contributed by atoms with Gasteiger partial charge in [0.25, 0.3) is 0 Å². The molecule has 246 valence electrons. The van der Waals surface area contributed by atoms with E-state index in [1.807, 2.05) is 0 Å². The van der Waals surface area contributed by atoms with Crippen LogP contribution in [0.15, 0.2) is 31.2 Å². The number of fused-ring (bicyclic) bond motifs is 2. The van der Waals surface area contributed by atoms with Crippen LogP contribution in [-0.2, 0) is 36.7 Å². The van der Waals surface area contributed by atoms with Crippen molar-refractivity contribution < 1.29 is 46.2 Å². The minimum absolute atomic E-state index is 0.0959. The largest absolute Gasteiger partial charge is 0.390 e. The zero-order valence-electron chi connectivity index (χ0n) is 23.6. The normalized spacial score (nSPS) is 23.6. The van der Waals surface area contributed by atoms with Crippen molar-refractivity contribution in [3.05, 3.63) is 31.2 Å². The molecule has 8 atom stereocenters. The molecule has 23 heteroatoms. The van der Waals surface area contributed by atoms with Crippen LogP contribution in [0.1, 0.15) is 18.9 Å². The summed E-state index contributed by atoms with van der Waals surface area (Å²) in [6.07, 6.45) is -2.78. The molecule has 0 spiro atoms. The fraction of sp³-hybridized carbons (Fsp3) is 0.500. The lowest BCUT2D eigenvalue weighted by molar-refractivity contribution is -0.0803. The van der Waals surface area contributed by atoms with Crippen LogP contribution < -0.4 is 11.5 Å². The number of thiol groups is 2. The van der Waals surface area contributed by atoms with Gasteiger partial charge in [0.2, 0.25) is 6.30 Å². The lowest BCUT2D eigenvalue weighted by Gasteiger charge is -2.31. The van der Waals surface area contributed by atoms with E-state index in [0.29, 0.717) is 16.6 Å². The van der Waals surface area contributed by atoms with E-state index < -0.39 is 63.7 Å². The van der Waals surface area contributed by atoms with E-state index in [-0.39, 0.29) is 23.7 Å². The first kappa shape index (κ1) is 33.9. The molecular weight excluding hydrogens is 679 g/mol. The topological polar surface area (TPSA) is 236 Å². The second-order valence-corrected chi connectivity index (χ2v) is 15.6. The second-order valence-electron chi connectivity index (χ2n) is 9.66. The van der Waals surface area contributed by atoms with Gasteiger partial charge in [0.05, 0.1) is 31.0 Å². The second kappa shape index (κ2) is 13.7. The number of nitrogens with zero attached hydrogens (tertiary/aromatic N) is 7. The van der Waals surface area contributed by atoms with E-state index in [0.717, 1.165) is 18.0 Å². The average molecular weight is 710 g/mol. The Morgan fingerprint density at radius 3 is 2.51 bits per heavy atom. The molecule has 0 aromatic carbocycles. The molecule has 5 heterocycles. The molecule has 45 heavy (non-hydrogen) atoms. The van der Waals surface area contributed by atoms with Crippen molar-refractivity contribution in [2.45, 2.75) is 43.4 Å². The summed E-state index contributed by atoms with van der Waals surface area (Å²) in [5.41, 5.74) is 12.6. The Balaban J connectivity index is 1.33. The van der Waals surface area contributed by atoms with Gasteiger partial charge in [-0.1, -0.05) is 24.5 Å². The SMILES string of the molecule is CO[C@H](COP(=O)(S)OC)[C@@H](OP(=O)(S)OC[C@H]1O[C@@H](n2cnc3c(N)ncnc32)C[C@@H]1O)[C@@H](F)n1ccc2c(N)ncnc21. The van der Waals surface area contributed by atoms with Crippen molar-refractivity contribution in [3.8, 4) is 0 Å². The highest BCUT2D eigenvalue weighted by Gasteiger charge is 2.42. The summed E-state index contributed by atoms with van der Waals surface area (Å²) in [5, 5.41) is 11.0. The molecule has 2 unspecified atom stereocenters. The zero-order chi connectivity index (χ0) is 32.5. The van der Waals surface area contributed by atoms with E-state index in [9.17, 15) is 14.2 Å². The fourth-order valence-corrected chi connectivity index (χ4v) is 6.74. The van der Waals surface area contributed by atoms with Crippen molar-refractivity contribution in [1.82, 2.24) is 34.1 Å². The van der Waals surface area contributed by atoms with E-state index >= 15 is 4.39 Å². The molecule has 0 radical (unpaired) electrons. The van der Waals surface area contributed by atoms with E-state index in [4.69, 9.17) is 39.0 Å². The van der Waals surface area contributed by atoms with Gasteiger partial charge in [-0.15, -0.1) is 0 Å². The molecular formula is C22H30FN9O9P2S2. The summed E-state index contributed by atoms with van der Waals surface area (Å²) in [6, 6.07) is 1.48. The van der Waals surface area contributed by atoms with Crippen molar-refractivity contribution in [1.29, 1.82) is 0 Å². The Labute approximate surface area is 265 Å². The first-order valence-corrected chi connectivity index (χ1v) is 18.4. The molecule has 1 saturated heterocycles. The number of nitrogen functional groups attached to an aromatic ring is 2. The highest BCUT2D eigenvalue weighted by Crippen LogP contribution is 2.57. The number of aliphatic hydroxyl groups is 1. The Morgan fingerprint density at radius 2 is 1.80 bits per heavy atom. The van der Waals surface area contributed by atoms with E-state index in [2.05, 4.69) is 49.4 Å². The summed E-state index contributed by atoms with van der Waals surface area (Å²) >= 11 is 7.85. The molecule has 18 nitrogen and oxygen atoms in total. The number of rotatable bonds is 14. The zero-order valence-corrected chi connectivity index (χ0v) is 27.2. The highest BCUT2D eigenvalue weighted by atomic mass is 32.7. The van der Waals surface area contributed by atoms with E-state index in [1.165, 1.54) is 32.0 Å². The third kappa shape index (κ3) is 7.44. The van der Waals surface area contributed by atoms with Crippen LogP contribution >= 0.6 is 38.1 Å². The van der Waals surface area contributed by atoms with Crippen LogP contribution in [0, 0.1) is 0 Å². The van der Waals surface area contributed by atoms with Crippen LogP contribution in [0.3, 0.4) is 0 Å². The van der Waals surface area contributed by atoms with Crippen molar-refractivity contribution in [2.24, 2.45) is 0 Å². The minimum atomic E-state index is -4.44. The summed E-state index contributed by atoms with van der Waals surface area (Å²) in [7, 11) is 2.31. The molecule has 5 rings (SSSR count). The van der Waals surface area contributed by atoms with Gasteiger partial charge < -0.3 is 30.6 Å². The molecule has 1 aliphatic rings. The van der Waals surface area contributed by atoms with Crippen LogP contribution in [0.5, 0.6) is 0 Å². The fourth-order valence-electron chi connectivity index (χ4n) is 4.63. The number of methoxy groups -OCH3 is 1. The smallest absolute Gasteiger partial charge is 0.386 e. The minimum Gasteiger partial charge on any atom is -0.390 e. The third-order valence-electron chi connectivity index (χ3n) is 6.94. The lowest BCUT2D eigenvalue weighted by atomic mass is 10.2. The summed E-state index contributed by atoms with van der Waals surface area (Å²) in [5.74, 6) is 0.274. The first-order chi connectivity index (χ1) is 21.3. The Kier molecular flexibility index (Phi) is 10.4. The monoisotopic (exact) mass is 709 g/mol. The summed E-state index contributed by atoms with van der Waals surface area (Å²) in [4.78, 5) is 20.2. The number of imidazole rings is 1. The number of alkyl halides is 1. The van der Waals surface area contributed by atoms with Crippen LogP contribution in [0.25, 0.3) is 22.2 Å². The van der Waals surface area contributed by atoms with E-state index in [1.54, 1.807) is 4.57 Å². The van der Waals surface area contributed by atoms with Gasteiger partial charge in [0.1, 0.15) is 54.2 Å². The Morgan fingerprint density at radius 1 is 1.09 bits per heavy atom. The Bertz CT molecular complexity index is 1750. The van der Waals surface area contributed by atoms with Gasteiger partial charge in [-0.2, -0.15) is 0 Å². The van der Waals surface area contributed by atoms with Gasteiger partial charge >= 0.3 is 13.6 Å². The number of anilines is 2. The number of aliphatic hydroxyl groups excluding tert-OH is 1. The van der Waals surface area contributed by atoms with Gasteiger partial charge in [-0.3, -0.25) is 22.7 Å². The summed E-state index contributed by atoms with van der Waals surface area (Å²) in [6.45, 7) is -9.31. The highest BCUT2D eigenvalue weighted by molar-refractivity contribution is 8.44. The number of ether oxygens (including phenoxy) is 2. The molecule has 1 aliphatic heterocycles. The number of hydrogen-bond acceptors (Lipinski definition) is 16. The molecule has 0 aliphatic carbocycles. The lowest BCUT2D eigenvalue weighted by Crippen LogP contribution is -2.39. The summed E-state index contributed by atoms with van der Waals surface area (Å²) < 4.78 is 76.9. The number of halogens is 1. The maximum absolute atomic E-state index is 16.3. The maximum Gasteiger partial charge on any atom is 0.386 e. The number of hydrogen-bond donors (Lipinski definition) is 5. The van der Waals surface area contributed by atoms with Crippen molar-refractivity contribution >= 4 is 71.9 Å². The molecule has 5 N–H and O–H groups in total. The van der Waals surface area contributed by atoms with Gasteiger partial charge in [-0.25, -0.2) is 38.4 Å². The van der Waals surface area contributed by atoms with Crippen molar-refractivity contribution in [2.75, 3.05) is 38.9 Å². The van der Waals surface area contributed by atoms with Crippen LogP contribution in [-0.4, -0.2) is 91.0 Å². The molecule has 0 bridgehead atoms. The van der Waals surface area contributed by atoms with Gasteiger partial charge in [0, 0.05) is 26.8 Å². The predicted octanol–water partition coefficient (Wildman–Crippen LogP) is 2.71. The number of nitrogens with two attached hydrogens (primary N) is 2. The quantitative estimate of drug-likeness (QED) is 0.0935. The third-order valence-corrected chi connectivity index (χ3v) is 10.3. The molecule has 4 aromatic heterocycles. The van der Waals surface area contributed by atoms with Crippen LogP contribution in [0.2, 0.25) is 0 Å². The average Bonchev–Trinajstić information content (AvgIpc) is 3.73. The van der Waals surface area contributed by atoms with Crippen molar-refractivity contribution in [3.63, 3.8) is 0 Å². The first-order valence-electron chi connectivity index (χ1n) is 13.0. The number of aromatic nitrogens is 7. The predicted molar refractivity (Wildman–Crippen MR) is 164 cm³/mol.